The first-order chi connectivity index (χ1) is 16.0. The number of nitrogens with zero attached hydrogens (tertiary/aromatic N) is 4. The molecule has 0 bridgehead atoms. The maximum atomic E-state index is 12.7. The van der Waals surface area contributed by atoms with Gasteiger partial charge in [0, 0.05) is 37.4 Å². The van der Waals surface area contributed by atoms with E-state index in [0.29, 0.717) is 24.6 Å². The number of benzene rings is 2. The summed E-state index contributed by atoms with van der Waals surface area (Å²) in [5.74, 6) is 0.936. The van der Waals surface area contributed by atoms with Gasteiger partial charge in [0.2, 0.25) is 5.91 Å². The van der Waals surface area contributed by atoms with E-state index in [1.54, 1.807) is 30.5 Å². The minimum absolute atomic E-state index is 0.307. The van der Waals surface area contributed by atoms with Gasteiger partial charge in [-0.15, -0.1) is 0 Å². The van der Waals surface area contributed by atoms with E-state index in [9.17, 15) is 14.4 Å². The zero-order chi connectivity index (χ0) is 23.2. The number of amides is 1. The summed E-state index contributed by atoms with van der Waals surface area (Å²) in [5, 5.41) is 2.70. The number of hydrogen-bond donors (Lipinski definition) is 1. The van der Waals surface area contributed by atoms with Crippen LogP contribution in [0.4, 0.5) is 5.69 Å². The van der Waals surface area contributed by atoms with Crippen molar-refractivity contribution in [3.8, 4) is 5.75 Å². The summed E-state index contributed by atoms with van der Waals surface area (Å²) in [6, 6.07) is 17.5. The Hall–Kier alpha value is -4.40. The van der Waals surface area contributed by atoms with Gasteiger partial charge in [0.25, 0.3) is 5.56 Å². The van der Waals surface area contributed by atoms with Crippen molar-refractivity contribution in [3.05, 3.63) is 111 Å². The standard InChI is InChI=1S/C24H23N5O4/c1-27-14-12-25-21(27)17-33-20-9-7-19(8-10-20)26-22(30)16-29-23(31)11-13-28(24(29)32)15-18-5-3-2-4-6-18/h2-14H,15-17H2,1H3,(H,26,30). The zero-order valence-electron chi connectivity index (χ0n) is 18.0. The fraction of sp³-hybridized carbons (Fsp3) is 0.167. The second-order valence-electron chi connectivity index (χ2n) is 7.45. The lowest BCUT2D eigenvalue weighted by molar-refractivity contribution is -0.116. The number of nitrogens with one attached hydrogen (secondary N) is 1. The number of ether oxygens (including phenoxy) is 1. The van der Waals surface area contributed by atoms with Crippen LogP contribution in [0.1, 0.15) is 11.4 Å². The van der Waals surface area contributed by atoms with E-state index >= 15 is 0 Å². The summed E-state index contributed by atoms with van der Waals surface area (Å²) in [4.78, 5) is 41.7. The van der Waals surface area contributed by atoms with E-state index in [0.717, 1.165) is 16.0 Å². The van der Waals surface area contributed by atoms with Crippen LogP contribution in [0, 0.1) is 0 Å². The highest BCUT2D eigenvalue weighted by Crippen LogP contribution is 2.16. The van der Waals surface area contributed by atoms with Crippen molar-refractivity contribution < 1.29 is 9.53 Å². The van der Waals surface area contributed by atoms with Crippen LogP contribution in [0.3, 0.4) is 0 Å². The molecule has 9 nitrogen and oxygen atoms in total. The summed E-state index contributed by atoms with van der Waals surface area (Å²) in [6.07, 6.45) is 4.98. The van der Waals surface area contributed by atoms with Gasteiger partial charge in [0.1, 0.15) is 24.7 Å². The minimum Gasteiger partial charge on any atom is -0.486 e. The quantitative estimate of drug-likeness (QED) is 0.447. The fourth-order valence-corrected chi connectivity index (χ4v) is 3.26. The Morgan fingerprint density at radius 3 is 2.45 bits per heavy atom. The molecule has 9 heteroatoms. The molecule has 1 amide bonds. The highest BCUT2D eigenvalue weighted by molar-refractivity contribution is 5.90. The molecule has 0 aliphatic rings. The lowest BCUT2D eigenvalue weighted by Gasteiger charge is -2.11. The molecule has 0 spiro atoms. The van der Waals surface area contributed by atoms with E-state index in [4.69, 9.17) is 4.74 Å². The van der Waals surface area contributed by atoms with Crippen molar-refractivity contribution in [2.45, 2.75) is 19.7 Å². The fourth-order valence-electron chi connectivity index (χ4n) is 3.26. The second-order valence-corrected chi connectivity index (χ2v) is 7.45. The second kappa shape index (κ2) is 9.82. The molecule has 0 unspecified atom stereocenters. The smallest absolute Gasteiger partial charge is 0.331 e. The van der Waals surface area contributed by atoms with Gasteiger partial charge in [0.05, 0.1) is 6.54 Å². The maximum Gasteiger partial charge on any atom is 0.331 e. The van der Waals surface area contributed by atoms with Gasteiger partial charge in [-0.1, -0.05) is 30.3 Å². The van der Waals surface area contributed by atoms with Gasteiger partial charge in [-0.05, 0) is 29.8 Å². The maximum absolute atomic E-state index is 12.7. The van der Waals surface area contributed by atoms with Gasteiger partial charge >= 0.3 is 5.69 Å². The molecule has 1 N–H and O–H groups in total. The van der Waals surface area contributed by atoms with Crippen molar-refractivity contribution in [3.63, 3.8) is 0 Å². The number of anilines is 1. The summed E-state index contributed by atoms with van der Waals surface area (Å²) < 4.78 is 9.88. The summed E-state index contributed by atoms with van der Waals surface area (Å²) >= 11 is 0. The third kappa shape index (κ3) is 5.45. The molecule has 0 saturated heterocycles. The Kier molecular flexibility index (Phi) is 6.49. The van der Waals surface area contributed by atoms with Crippen molar-refractivity contribution in [2.24, 2.45) is 7.05 Å². The van der Waals surface area contributed by atoms with Crippen molar-refractivity contribution in [1.82, 2.24) is 18.7 Å². The van der Waals surface area contributed by atoms with Gasteiger partial charge in [-0.3, -0.25) is 18.7 Å². The van der Waals surface area contributed by atoms with E-state index < -0.39 is 17.2 Å². The van der Waals surface area contributed by atoms with E-state index in [2.05, 4.69) is 10.3 Å². The average molecular weight is 445 g/mol. The third-order valence-corrected chi connectivity index (χ3v) is 5.06. The van der Waals surface area contributed by atoms with Crippen molar-refractivity contribution in [1.29, 1.82) is 0 Å². The number of carbonyl (C=O) groups is 1. The minimum atomic E-state index is -0.542. The van der Waals surface area contributed by atoms with Gasteiger partial charge in [-0.2, -0.15) is 0 Å². The molecule has 0 atom stereocenters. The molecule has 168 valence electrons. The summed E-state index contributed by atoms with van der Waals surface area (Å²) in [6.45, 7) is 0.243. The van der Waals surface area contributed by atoms with E-state index in [-0.39, 0.29) is 6.54 Å². The van der Waals surface area contributed by atoms with E-state index in [1.165, 1.54) is 16.8 Å². The summed E-state index contributed by atoms with van der Waals surface area (Å²) in [7, 11) is 1.89. The molecule has 0 aliphatic carbocycles. The molecule has 0 radical (unpaired) electrons. The van der Waals surface area contributed by atoms with Crippen LogP contribution in [0.25, 0.3) is 0 Å². The van der Waals surface area contributed by atoms with Crippen molar-refractivity contribution in [2.75, 3.05) is 5.32 Å². The SMILES string of the molecule is Cn1ccnc1COc1ccc(NC(=O)Cn2c(=O)ccn(Cc3ccccc3)c2=O)cc1. The molecule has 0 fully saturated rings. The van der Waals surface area contributed by atoms with Crippen LogP contribution >= 0.6 is 0 Å². The number of aromatic nitrogens is 4. The predicted octanol–water partition coefficient (Wildman–Crippen LogP) is 2.01. The Balaban J connectivity index is 1.39. The van der Waals surface area contributed by atoms with Crippen LogP contribution in [-0.4, -0.2) is 24.6 Å². The molecule has 0 saturated carbocycles. The first-order valence-corrected chi connectivity index (χ1v) is 10.3. The first kappa shape index (κ1) is 21.8. The average Bonchev–Trinajstić information content (AvgIpc) is 3.23. The van der Waals surface area contributed by atoms with Crippen LogP contribution < -0.4 is 21.3 Å². The first-order valence-electron chi connectivity index (χ1n) is 10.3. The Morgan fingerprint density at radius 1 is 1.00 bits per heavy atom. The molecule has 2 aromatic carbocycles. The van der Waals surface area contributed by atoms with Crippen LogP contribution in [0.5, 0.6) is 5.75 Å². The van der Waals surface area contributed by atoms with E-state index in [1.807, 2.05) is 48.1 Å². The monoisotopic (exact) mass is 445 g/mol. The lowest BCUT2D eigenvalue weighted by Crippen LogP contribution is -2.41. The number of imidazole rings is 1. The van der Waals surface area contributed by atoms with Crippen molar-refractivity contribution >= 4 is 11.6 Å². The molecule has 4 rings (SSSR count). The number of hydrogen-bond acceptors (Lipinski definition) is 5. The number of aryl methyl sites for hydroxylation is 1. The largest absolute Gasteiger partial charge is 0.486 e. The normalized spacial score (nSPS) is 10.7. The number of rotatable bonds is 8. The van der Waals surface area contributed by atoms with Crippen LogP contribution in [0.15, 0.2) is 88.8 Å². The third-order valence-electron chi connectivity index (χ3n) is 5.06. The topological polar surface area (TPSA) is 100 Å². The van der Waals surface area contributed by atoms with Gasteiger partial charge < -0.3 is 14.6 Å². The Bertz CT molecular complexity index is 1350. The van der Waals surface area contributed by atoms with Gasteiger partial charge in [0.15, 0.2) is 0 Å². The highest BCUT2D eigenvalue weighted by Gasteiger charge is 2.11. The highest BCUT2D eigenvalue weighted by atomic mass is 16.5. The lowest BCUT2D eigenvalue weighted by atomic mass is 10.2. The van der Waals surface area contributed by atoms with Crippen LogP contribution in [-0.2, 0) is 31.5 Å². The Morgan fingerprint density at radius 2 is 1.76 bits per heavy atom. The summed E-state index contributed by atoms with van der Waals surface area (Å²) in [5.41, 5.74) is 0.370. The van der Waals surface area contributed by atoms with Crippen LogP contribution in [0.2, 0.25) is 0 Å². The zero-order valence-corrected chi connectivity index (χ0v) is 18.0. The molecule has 2 aromatic heterocycles. The molecule has 2 heterocycles. The molecule has 4 aromatic rings. The molecular formula is C24H23N5O4. The number of carbonyl (C=O) groups excluding carboxylic acids is 1. The predicted molar refractivity (Wildman–Crippen MR) is 123 cm³/mol. The van der Waals surface area contributed by atoms with Gasteiger partial charge in [-0.25, -0.2) is 9.78 Å². The Labute approximate surface area is 189 Å². The molecular weight excluding hydrogens is 422 g/mol. The molecule has 0 aliphatic heterocycles. The molecule has 33 heavy (non-hydrogen) atoms.